The standard InChI is InChI=1S/C13H19BrF6O/c1-2-3-9-4-6-11(8-14,7-5-9)21-10(12(15,16)17)13(18,19)20/h9-10H,2-8H2,1H3. The maximum atomic E-state index is 12.6. The first-order valence-corrected chi connectivity index (χ1v) is 8.03. The Hall–Kier alpha value is 0.0200. The van der Waals surface area contributed by atoms with E-state index in [1.54, 1.807) is 0 Å². The lowest BCUT2D eigenvalue weighted by molar-refractivity contribution is -0.345. The molecule has 1 fully saturated rings. The molecule has 0 N–H and O–H groups in total. The molecule has 0 amide bonds. The summed E-state index contributed by atoms with van der Waals surface area (Å²) >= 11 is 3.03. The maximum absolute atomic E-state index is 12.6. The Balaban J connectivity index is 2.81. The summed E-state index contributed by atoms with van der Waals surface area (Å²) in [6.45, 7) is 2.01. The third-order valence-corrected chi connectivity index (χ3v) is 4.94. The van der Waals surface area contributed by atoms with Crippen molar-refractivity contribution in [2.45, 2.75) is 69.5 Å². The van der Waals surface area contributed by atoms with Crippen molar-refractivity contribution in [3.8, 4) is 0 Å². The van der Waals surface area contributed by atoms with Crippen molar-refractivity contribution >= 4 is 15.9 Å². The molecule has 0 aromatic rings. The summed E-state index contributed by atoms with van der Waals surface area (Å²) in [5.74, 6) is 0.362. The zero-order valence-corrected chi connectivity index (χ0v) is 13.2. The van der Waals surface area contributed by atoms with E-state index in [0.29, 0.717) is 18.8 Å². The van der Waals surface area contributed by atoms with Crippen LogP contribution in [0.3, 0.4) is 0 Å². The molecule has 1 aliphatic rings. The third-order valence-electron chi connectivity index (χ3n) is 3.92. The van der Waals surface area contributed by atoms with E-state index in [1.165, 1.54) is 0 Å². The maximum Gasteiger partial charge on any atom is 0.423 e. The Bertz CT molecular complexity index is 306. The lowest BCUT2D eigenvalue weighted by Crippen LogP contribution is -2.52. The van der Waals surface area contributed by atoms with Gasteiger partial charge in [-0.2, -0.15) is 26.3 Å². The highest BCUT2D eigenvalue weighted by Crippen LogP contribution is 2.44. The summed E-state index contributed by atoms with van der Waals surface area (Å²) in [4.78, 5) is 0. The van der Waals surface area contributed by atoms with Gasteiger partial charge in [0.25, 0.3) is 0 Å². The number of rotatable bonds is 5. The van der Waals surface area contributed by atoms with Crippen LogP contribution in [-0.2, 0) is 4.74 Å². The van der Waals surface area contributed by atoms with Crippen LogP contribution in [0.25, 0.3) is 0 Å². The molecule has 0 aromatic heterocycles. The molecule has 0 aromatic carbocycles. The first-order chi connectivity index (χ1) is 9.54. The van der Waals surface area contributed by atoms with Gasteiger partial charge in [0.05, 0.1) is 5.60 Å². The summed E-state index contributed by atoms with van der Waals surface area (Å²) in [6.07, 6.45) is -11.1. The van der Waals surface area contributed by atoms with Crippen LogP contribution in [0.5, 0.6) is 0 Å². The molecule has 0 radical (unpaired) electrons. The van der Waals surface area contributed by atoms with Crippen LogP contribution < -0.4 is 0 Å². The second kappa shape index (κ2) is 7.06. The van der Waals surface area contributed by atoms with Crippen molar-refractivity contribution < 1.29 is 31.1 Å². The molecule has 0 spiro atoms. The second-order valence-electron chi connectivity index (χ2n) is 5.63. The average molecular weight is 385 g/mol. The predicted octanol–water partition coefficient (Wildman–Crippen LogP) is 5.62. The van der Waals surface area contributed by atoms with Gasteiger partial charge in [-0.3, -0.25) is 0 Å². The lowest BCUT2D eigenvalue weighted by atomic mass is 9.78. The Morgan fingerprint density at radius 3 is 1.90 bits per heavy atom. The van der Waals surface area contributed by atoms with Crippen molar-refractivity contribution in [2.75, 3.05) is 5.33 Å². The van der Waals surface area contributed by atoms with Crippen LogP contribution in [-0.4, -0.2) is 29.4 Å². The van der Waals surface area contributed by atoms with Gasteiger partial charge in [-0.25, -0.2) is 0 Å². The summed E-state index contributed by atoms with van der Waals surface area (Å²) in [7, 11) is 0. The molecule has 0 bridgehead atoms. The molecule has 1 saturated carbocycles. The molecule has 8 heteroatoms. The summed E-state index contributed by atoms with van der Waals surface area (Å²) < 4.78 is 80.3. The number of halogens is 7. The van der Waals surface area contributed by atoms with E-state index in [9.17, 15) is 26.3 Å². The molecular formula is C13H19BrF6O. The first-order valence-electron chi connectivity index (χ1n) is 6.91. The van der Waals surface area contributed by atoms with Gasteiger partial charge in [0.2, 0.25) is 6.10 Å². The van der Waals surface area contributed by atoms with Gasteiger partial charge in [0.1, 0.15) is 0 Å². The van der Waals surface area contributed by atoms with Gasteiger partial charge >= 0.3 is 12.4 Å². The highest BCUT2D eigenvalue weighted by Gasteiger charge is 2.60. The molecular weight excluding hydrogens is 366 g/mol. The van der Waals surface area contributed by atoms with Crippen LogP contribution in [0.1, 0.15) is 45.4 Å². The monoisotopic (exact) mass is 384 g/mol. The van der Waals surface area contributed by atoms with Gasteiger partial charge in [-0.05, 0) is 31.6 Å². The van der Waals surface area contributed by atoms with E-state index in [1.807, 2.05) is 6.92 Å². The number of hydrogen-bond acceptors (Lipinski definition) is 1. The smallest absolute Gasteiger partial charge is 0.353 e. The molecule has 0 aliphatic heterocycles. The fourth-order valence-electron chi connectivity index (χ4n) is 2.75. The zero-order valence-electron chi connectivity index (χ0n) is 11.7. The second-order valence-corrected chi connectivity index (χ2v) is 6.19. The molecule has 126 valence electrons. The van der Waals surface area contributed by atoms with E-state index in [0.717, 1.165) is 12.8 Å². The van der Waals surface area contributed by atoms with Gasteiger partial charge in [0.15, 0.2) is 0 Å². The molecule has 1 nitrogen and oxygen atoms in total. The van der Waals surface area contributed by atoms with Crippen LogP contribution in [0.15, 0.2) is 0 Å². The fourth-order valence-corrected chi connectivity index (χ4v) is 3.45. The summed E-state index contributed by atoms with van der Waals surface area (Å²) in [5.41, 5.74) is -1.39. The largest absolute Gasteiger partial charge is 0.423 e. The molecule has 0 heterocycles. The fraction of sp³-hybridized carbons (Fsp3) is 1.00. The minimum absolute atomic E-state index is 0.0263. The topological polar surface area (TPSA) is 9.23 Å². The minimum atomic E-state index is -5.45. The van der Waals surface area contributed by atoms with Crippen molar-refractivity contribution in [1.29, 1.82) is 0 Å². The van der Waals surface area contributed by atoms with Gasteiger partial charge in [-0.1, -0.05) is 35.7 Å². The molecule has 1 aliphatic carbocycles. The highest BCUT2D eigenvalue weighted by molar-refractivity contribution is 9.09. The highest BCUT2D eigenvalue weighted by atomic mass is 79.9. The molecule has 0 unspecified atom stereocenters. The van der Waals surface area contributed by atoms with E-state index >= 15 is 0 Å². The first kappa shape index (κ1) is 19.1. The number of ether oxygens (including phenoxy) is 1. The third kappa shape index (κ3) is 5.30. The van der Waals surface area contributed by atoms with Crippen LogP contribution in [0, 0.1) is 5.92 Å². The average Bonchev–Trinajstić information content (AvgIpc) is 2.36. The molecule has 1 rings (SSSR count). The van der Waals surface area contributed by atoms with E-state index in [-0.39, 0.29) is 18.2 Å². The molecule has 21 heavy (non-hydrogen) atoms. The van der Waals surface area contributed by atoms with E-state index in [2.05, 4.69) is 20.7 Å². The summed E-state index contributed by atoms with van der Waals surface area (Å²) in [5, 5.41) is -0.0263. The number of alkyl halides is 7. The van der Waals surface area contributed by atoms with Gasteiger partial charge in [0, 0.05) is 5.33 Å². The molecule has 0 saturated heterocycles. The van der Waals surface area contributed by atoms with Crippen molar-refractivity contribution in [3.05, 3.63) is 0 Å². The van der Waals surface area contributed by atoms with E-state index in [4.69, 9.17) is 0 Å². The summed E-state index contributed by atoms with van der Waals surface area (Å²) in [6, 6.07) is 0. The normalized spacial score (nSPS) is 28.1. The minimum Gasteiger partial charge on any atom is -0.353 e. The van der Waals surface area contributed by atoms with Gasteiger partial charge < -0.3 is 4.74 Å². The Morgan fingerprint density at radius 2 is 1.57 bits per heavy atom. The van der Waals surface area contributed by atoms with Crippen molar-refractivity contribution in [1.82, 2.24) is 0 Å². The number of hydrogen-bond donors (Lipinski definition) is 0. The van der Waals surface area contributed by atoms with Crippen molar-refractivity contribution in [3.63, 3.8) is 0 Å². The molecule has 0 atom stereocenters. The van der Waals surface area contributed by atoms with Crippen molar-refractivity contribution in [2.24, 2.45) is 5.92 Å². The zero-order chi connectivity index (χ0) is 16.3. The quantitative estimate of drug-likeness (QED) is 0.441. The lowest BCUT2D eigenvalue weighted by Gasteiger charge is -2.42. The SMILES string of the molecule is CCCC1CCC(CBr)(OC(C(F)(F)F)C(F)(F)F)CC1. The predicted molar refractivity (Wildman–Crippen MR) is 70.4 cm³/mol. The Kier molecular flexibility index (Phi) is 6.41. The van der Waals surface area contributed by atoms with Crippen LogP contribution in [0.4, 0.5) is 26.3 Å². The van der Waals surface area contributed by atoms with Crippen LogP contribution >= 0.6 is 15.9 Å². The van der Waals surface area contributed by atoms with Crippen LogP contribution in [0.2, 0.25) is 0 Å². The van der Waals surface area contributed by atoms with E-state index < -0.39 is 24.1 Å². The Morgan fingerprint density at radius 1 is 1.10 bits per heavy atom. The van der Waals surface area contributed by atoms with Gasteiger partial charge in [-0.15, -0.1) is 0 Å². The Labute approximate surface area is 128 Å².